The van der Waals surface area contributed by atoms with Crippen LogP contribution in [0.2, 0.25) is 0 Å². The summed E-state index contributed by atoms with van der Waals surface area (Å²) in [7, 11) is 0. The summed E-state index contributed by atoms with van der Waals surface area (Å²) in [6.07, 6.45) is 1.59. The quantitative estimate of drug-likeness (QED) is 0.619. The molecule has 0 radical (unpaired) electrons. The van der Waals surface area contributed by atoms with Gasteiger partial charge in [-0.3, -0.25) is 14.9 Å². The molecule has 1 fully saturated rings. The molecule has 2 atom stereocenters. The van der Waals surface area contributed by atoms with Crippen LogP contribution in [0.1, 0.15) is 31.7 Å². The first-order valence-corrected chi connectivity index (χ1v) is 7.11. The zero-order chi connectivity index (χ0) is 15.4. The van der Waals surface area contributed by atoms with Gasteiger partial charge in [-0.1, -0.05) is 12.1 Å². The Kier molecular flexibility index (Phi) is 4.88. The average molecular weight is 294 g/mol. The number of likely N-dealkylation sites (tertiary alicyclic amines) is 1. The maximum Gasteiger partial charge on any atom is 0.223 e. The number of nitro groups is 1. The zero-order valence-corrected chi connectivity index (χ0v) is 12.0. The van der Waals surface area contributed by atoms with Crippen LogP contribution in [0.25, 0.3) is 0 Å². The highest BCUT2D eigenvalue weighted by Gasteiger charge is 2.29. The monoisotopic (exact) mass is 294 g/mol. The normalized spacial score (nSPS) is 20.4. The van der Waals surface area contributed by atoms with Crippen molar-refractivity contribution < 1.29 is 14.1 Å². The second-order valence-electron chi connectivity index (χ2n) is 5.67. The minimum absolute atomic E-state index is 0.0196. The summed E-state index contributed by atoms with van der Waals surface area (Å²) in [5.41, 5.74) is 0.891. The van der Waals surface area contributed by atoms with Gasteiger partial charge in [0.25, 0.3) is 0 Å². The predicted molar refractivity (Wildman–Crippen MR) is 75.6 cm³/mol. The van der Waals surface area contributed by atoms with Gasteiger partial charge < -0.3 is 4.90 Å². The van der Waals surface area contributed by atoms with Crippen LogP contribution in [-0.2, 0) is 11.3 Å². The lowest BCUT2D eigenvalue weighted by Crippen LogP contribution is -2.39. The van der Waals surface area contributed by atoms with Crippen LogP contribution in [0.5, 0.6) is 0 Å². The smallest absolute Gasteiger partial charge is 0.223 e. The first-order chi connectivity index (χ1) is 9.95. The van der Waals surface area contributed by atoms with Gasteiger partial charge in [0.2, 0.25) is 11.9 Å². The van der Waals surface area contributed by atoms with E-state index < -0.39 is 6.04 Å². The molecule has 1 aromatic rings. The third-order valence-electron chi connectivity index (χ3n) is 3.94. The summed E-state index contributed by atoms with van der Waals surface area (Å²) in [6.45, 7) is 2.65. The van der Waals surface area contributed by atoms with Crippen molar-refractivity contribution in [3.05, 3.63) is 45.8 Å². The van der Waals surface area contributed by atoms with Crippen molar-refractivity contribution >= 4 is 5.91 Å². The van der Waals surface area contributed by atoms with E-state index in [1.54, 1.807) is 24.0 Å². The first-order valence-electron chi connectivity index (χ1n) is 7.11. The van der Waals surface area contributed by atoms with Gasteiger partial charge in [0.15, 0.2) is 0 Å². The highest BCUT2D eigenvalue weighted by atomic mass is 19.1. The SMILES string of the molecule is CC(CC1CCN(Cc2ccc(F)cc2)C(=O)C1)[N+](=O)[O-]. The lowest BCUT2D eigenvalue weighted by molar-refractivity contribution is -0.520. The van der Waals surface area contributed by atoms with Crippen molar-refractivity contribution in [3.63, 3.8) is 0 Å². The molecule has 0 saturated carbocycles. The number of nitrogens with zero attached hydrogens (tertiary/aromatic N) is 2. The maximum atomic E-state index is 12.8. The Bertz CT molecular complexity index is 518. The van der Waals surface area contributed by atoms with Crippen LogP contribution in [0.15, 0.2) is 24.3 Å². The number of carbonyl (C=O) groups is 1. The molecular weight excluding hydrogens is 275 g/mol. The molecule has 0 aliphatic carbocycles. The molecule has 1 aliphatic heterocycles. The molecule has 1 aromatic carbocycles. The molecule has 1 amide bonds. The topological polar surface area (TPSA) is 63.5 Å². The molecule has 1 saturated heterocycles. The minimum atomic E-state index is -0.605. The second-order valence-corrected chi connectivity index (χ2v) is 5.67. The predicted octanol–water partition coefficient (Wildman–Crippen LogP) is 2.62. The molecule has 21 heavy (non-hydrogen) atoms. The van der Waals surface area contributed by atoms with Crippen molar-refractivity contribution in [1.82, 2.24) is 4.90 Å². The molecule has 0 N–H and O–H groups in total. The van der Waals surface area contributed by atoms with Gasteiger partial charge in [0.05, 0.1) is 0 Å². The third-order valence-corrected chi connectivity index (χ3v) is 3.94. The van der Waals surface area contributed by atoms with Gasteiger partial charge >= 0.3 is 0 Å². The van der Waals surface area contributed by atoms with Gasteiger partial charge in [-0.2, -0.15) is 0 Å². The fourth-order valence-electron chi connectivity index (χ4n) is 2.69. The molecule has 114 valence electrons. The maximum absolute atomic E-state index is 12.8. The molecule has 2 unspecified atom stereocenters. The van der Waals surface area contributed by atoms with Crippen LogP contribution in [0.4, 0.5) is 4.39 Å². The molecular formula is C15H19FN2O3. The van der Waals surface area contributed by atoms with Crippen LogP contribution < -0.4 is 0 Å². The van der Waals surface area contributed by atoms with E-state index in [4.69, 9.17) is 0 Å². The van der Waals surface area contributed by atoms with Crippen molar-refractivity contribution in [2.24, 2.45) is 5.92 Å². The van der Waals surface area contributed by atoms with Gasteiger partial charge in [0.1, 0.15) is 5.82 Å². The first kappa shape index (κ1) is 15.4. The Morgan fingerprint density at radius 3 is 2.67 bits per heavy atom. The molecule has 5 nitrogen and oxygen atoms in total. The molecule has 0 bridgehead atoms. The van der Waals surface area contributed by atoms with Crippen LogP contribution in [-0.4, -0.2) is 28.3 Å². The summed E-state index contributed by atoms with van der Waals surface area (Å²) < 4.78 is 12.8. The van der Waals surface area contributed by atoms with Crippen LogP contribution in [0.3, 0.4) is 0 Å². The Balaban J connectivity index is 1.88. The van der Waals surface area contributed by atoms with Crippen molar-refractivity contribution in [2.45, 2.75) is 38.8 Å². The summed E-state index contributed by atoms with van der Waals surface area (Å²) in [5, 5.41) is 10.7. The summed E-state index contributed by atoms with van der Waals surface area (Å²) >= 11 is 0. The second kappa shape index (κ2) is 6.65. The van der Waals surface area contributed by atoms with E-state index in [0.717, 1.165) is 12.0 Å². The number of carbonyl (C=O) groups excluding carboxylic acids is 1. The standard InChI is InChI=1S/C15H19FN2O3/c1-11(18(20)21)8-13-6-7-17(15(19)9-13)10-12-2-4-14(16)5-3-12/h2-5,11,13H,6-10H2,1H3. The lowest BCUT2D eigenvalue weighted by Gasteiger charge is -2.32. The number of rotatable bonds is 5. The largest absolute Gasteiger partial charge is 0.338 e. The van der Waals surface area contributed by atoms with Crippen LogP contribution >= 0.6 is 0 Å². The molecule has 0 aromatic heterocycles. The van der Waals surface area contributed by atoms with Gasteiger partial charge in [-0.05, 0) is 30.0 Å². The number of hydrogen-bond acceptors (Lipinski definition) is 3. The van der Waals surface area contributed by atoms with Gasteiger partial charge in [0, 0.05) is 37.8 Å². The Morgan fingerprint density at radius 2 is 2.10 bits per heavy atom. The van der Waals surface area contributed by atoms with Crippen molar-refractivity contribution in [1.29, 1.82) is 0 Å². The van der Waals surface area contributed by atoms with E-state index in [-0.39, 0.29) is 22.6 Å². The molecule has 1 heterocycles. The Hall–Kier alpha value is -1.98. The van der Waals surface area contributed by atoms with Gasteiger partial charge in [-0.15, -0.1) is 0 Å². The lowest BCUT2D eigenvalue weighted by atomic mass is 9.90. The third kappa shape index (κ3) is 4.24. The fraction of sp³-hybridized carbons (Fsp3) is 0.533. The molecule has 6 heteroatoms. The molecule has 0 spiro atoms. The molecule has 2 rings (SSSR count). The number of piperidine rings is 1. The van der Waals surface area contributed by atoms with Crippen LogP contribution in [0, 0.1) is 21.8 Å². The average Bonchev–Trinajstić information content (AvgIpc) is 2.44. The molecule has 1 aliphatic rings. The van der Waals surface area contributed by atoms with E-state index in [1.165, 1.54) is 12.1 Å². The Morgan fingerprint density at radius 1 is 1.43 bits per heavy atom. The van der Waals surface area contributed by atoms with Crippen molar-refractivity contribution in [3.8, 4) is 0 Å². The van der Waals surface area contributed by atoms with E-state index in [2.05, 4.69) is 0 Å². The summed E-state index contributed by atoms with van der Waals surface area (Å²) in [4.78, 5) is 24.2. The highest BCUT2D eigenvalue weighted by molar-refractivity contribution is 5.77. The van der Waals surface area contributed by atoms with E-state index in [0.29, 0.717) is 25.9 Å². The number of halogens is 1. The minimum Gasteiger partial charge on any atom is -0.338 e. The number of hydrogen-bond donors (Lipinski definition) is 0. The zero-order valence-electron chi connectivity index (χ0n) is 12.0. The van der Waals surface area contributed by atoms with E-state index in [1.807, 2.05) is 0 Å². The number of benzene rings is 1. The van der Waals surface area contributed by atoms with Crippen molar-refractivity contribution in [2.75, 3.05) is 6.54 Å². The van der Waals surface area contributed by atoms with E-state index >= 15 is 0 Å². The highest BCUT2D eigenvalue weighted by Crippen LogP contribution is 2.24. The summed E-state index contributed by atoms with van der Waals surface area (Å²) in [5.74, 6) is -0.189. The number of amides is 1. The summed E-state index contributed by atoms with van der Waals surface area (Å²) in [6, 6.07) is 5.50. The van der Waals surface area contributed by atoms with E-state index in [9.17, 15) is 19.3 Å². The van der Waals surface area contributed by atoms with Gasteiger partial charge in [-0.25, -0.2) is 4.39 Å². The fourth-order valence-corrected chi connectivity index (χ4v) is 2.69. The Labute approximate surface area is 122 Å².